The second kappa shape index (κ2) is 3.54. The highest BCUT2D eigenvalue weighted by atomic mass is 79.9. The van der Waals surface area contributed by atoms with Gasteiger partial charge in [0, 0.05) is 5.92 Å². The van der Waals surface area contributed by atoms with Gasteiger partial charge in [-0.3, -0.25) is 0 Å². The van der Waals surface area contributed by atoms with Crippen LogP contribution in [0.2, 0.25) is 0 Å². The van der Waals surface area contributed by atoms with Crippen molar-refractivity contribution < 1.29 is 9.47 Å². The predicted octanol–water partition coefficient (Wildman–Crippen LogP) is 1.39. The highest BCUT2D eigenvalue weighted by molar-refractivity contribution is 9.09. The van der Waals surface area contributed by atoms with Crippen LogP contribution in [-0.4, -0.2) is 24.8 Å². The Hall–Kier alpha value is 0.400. The molecule has 1 fully saturated rings. The number of ether oxygens (including phenoxy) is 2. The molecule has 0 aromatic rings. The van der Waals surface area contributed by atoms with E-state index in [1.807, 2.05) is 0 Å². The first-order valence-electron chi connectivity index (χ1n) is 3.12. The Labute approximate surface area is 63.7 Å². The molecule has 1 aliphatic rings. The number of alkyl halides is 1. The summed E-state index contributed by atoms with van der Waals surface area (Å²) in [5, 5.41) is 0.778. The Bertz CT molecular complexity index is 79.1. The van der Waals surface area contributed by atoms with Crippen molar-refractivity contribution in [1.29, 1.82) is 0 Å². The summed E-state index contributed by atoms with van der Waals surface area (Å²) < 4.78 is 10.5. The molecule has 1 saturated heterocycles. The standard InChI is InChI=1S/C6H11BrO2/c1-5-3-8-6(2-7)9-4-5/h5-6H,2-4H2,1H3. The summed E-state index contributed by atoms with van der Waals surface area (Å²) in [4.78, 5) is 0. The molecule has 0 unspecified atom stereocenters. The minimum Gasteiger partial charge on any atom is -0.351 e. The molecule has 0 bridgehead atoms. The van der Waals surface area contributed by atoms with Crippen molar-refractivity contribution in [2.75, 3.05) is 18.5 Å². The van der Waals surface area contributed by atoms with E-state index < -0.39 is 0 Å². The number of hydrogen-bond acceptors (Lipinski definition) is 2. The van der Waals surface area contributed by atoms with Crippen LogP contribution in [-0.2, 0) is 9.47 Å². The summed E-state index contributed by atoms with van der Waals surface area (Å²) in [6.07, 6.45) is -0.0128. The molecule has 3 heteroatoms. The van der Waals surface area contributed by atoms with Crippen molar-refractivity contribution in [2.24, 2.45) is 5.92 Å². The molecule has 0 N–H and O–H groups in total. The first kappa shape index (κ1) is 7.51. The van der Waals surface area contributed by atoms with Gasteiger partial charge in [0.05, 0.1) is 18.5 Å². The maximum atomic E-state index is 5.27. The van der Waals surface area contributed by atoms with Crippen molar-refractivity contribution in [2.45, 2.75) is 13.2 Å². The van der Waals surface area contributed by atoms with Crippen LogP contribution >= 0.6 is 15.9 Å². The number of halogens is 1. The lowest BCUT2D eigenvalue weighted by atomic mass is 10.2. The topological polar surface area (TPSA) is 18.5 Å². The smallest absolute Gasteiger partial charge is 0.167 e. The quantitative estimate of drug-likeness (QED) is 0.588. The van der Waals surface area contributed by atoms with Gasteiger partial charge in [-0.15, -0.1) is 0 Å². The van der Waals surface area contributed by atoms with Gasteiger partial charge in [-0.2, -0.15) is 0 Å². The highest BCUT2D eigenvalue weighted by Crippen LogP contribution is 2.11. The van der Waals surface area contributed by atoms with Gasteiger partial charge in [0.1, 0.15) is 0 Å². The lowest BCUT2D eigenvalue weighted by Crippen LogP contribution is -2.31. The van der Waals surface area contributed by atoms with E-state index >= 15 is 0 Å². The minimum absolute atomic E-state index is 0.0128. The fourth-order valence-electron chi connectivity index (χ4n) is 0.728. The zero-order valence-corrected chi connectivity index (χ0v) is 7.06. The van der Waals surface area contributed by atoms with Gasteiger partial charge >= 0.3 is 0 Å². The zero-order chi connectivity index (χ0) is 6.69. The van der Waals surface area contributed by atoms with Crippen LogP contribution in [0.1, 0.15) is 6.92 Å². The Morgan fingerprint density at radius 3 is 2.44 bits per heavy atom. The van der Waals surface area contributed by atoms with Gasteiger partial charge in [-0.05, 0) is 0 Å². The molecule has 54 valence electrons. The summed E-state index contributed by atoms with van der Waals surface area (Å²) in [5.41, 5.74) is 0. The minimum atomic E-state index is -0.0128. The average molecular weight is 195 g/mol. The van der Waals surface area contributed by atoms with Gasteiger partial charge in [0.2, 0.25) is 0 Å². The summed E-state index contributed by atoms with van der Waals surface area (Å²) in [6, 6.07) is 0. The number of hydrogen-bond donors (Lipinski definition) is 0. The Morgan fingerprint density at radius 1 is 1.44 bits per heavy atom. The van der Waals surface area contributed by atoms with Gasteiger partial charge in [-0.1, -0.05) is 22.9 Å². The van der Waals surface area contributed by atoms with E-state index in [0.717, 1.165) is 18.5 Å². The average Bonchev–Trinajstić information content (AvgIpc) is 1.90. The van der Waals surface area contributed by atoms with Crippen molar-refractivity contribution in [3.05, 3.63) is 0 Å². The van der Waals surface area contributed by atoms with Gasteiger partial charge in [0.15, 0.2) is 6.29 Å². The van der Waals surface area contributed by atoms with Crippen LogP contribution in [0, 0.1) is 5.92 Å². The highest BCUT2D eigenvalue weighted by Gasteiger charge is 2.16. The normalized spacial score (nSPS) is 36.7. The van der Waals surface area contributed by atoms with Gasteiger partial charge < -0.3 is 9.47 Å². The van der Waals surface area contributed by atoms with Crippen LogP contribution in [0.4, 0.5) is 0 Å². The van der Waals surface area contributed by atoms with Crippen molar-refractivity contribution in [3.63, 3.8) is 0 Å². The second-order valence-corrected chi connectivity index (χ2v) is 3.00. The summed E-state index contributed by atoms with van der Waals surface area (Å²) in [6.45, 7) is 3.77. The first-order chi connectivity index (χ1) is 4.33. The van der Waals surface area contributed by atoms with E-state index in [4.69, 9.17) is 9.47 Å². The third-order valence-electron chi connectivity index (χ3n) is 1.26. The molecule has 0 spiro atoms. The van der Waals surface area contributed by atoms with Crippen molar-refractivity contribution >= 4 is 15.9 Å². The van der Waals surface area contributed by atoms with E-state index in [9.17, 15) is 0 Å². The van der Waals surface area contributed by atoms with Gasteiger partial charge in [-0.25, -0.2) is 0 Å². The molecule has 1 aliphatic heterocycles. The lowest BCUT2D eigenvalue weighted by molar-refractivity contribution is -0.183. The maximum absolute atomic E-state index is 5.27. The third kappa shape index (κ3) is 2.24. The molecule has 0 saturated carbocycles. The van der Waals surface area contributed by atoms with E-state index in [2.05, 4.69) is 22.9 Å². The Morgan fingerprint density at radius 2 is 2.00 bits per heavy atom. The fourth-order valence-corrected chi connectivity index (χ4v) is 1.10. The van der Waals surface area contributed by atoms with E-state index in [1.54, 1.807) is 0 Å². The molecule has 0 aliphatic carbocycles. The molecule has 2 nitrogen and oxygen atoms in total. The molecule has 0 atom stereocenters. The molecule has 0 aromatic carbocycles. The van der Waals surface area contributed by atoms with Crippen molar-refractivity contribution in [3.8, 4) is 0 Å². The lowest BCUT2D eigenvalue weighted by Gasteiger charge is -2.25. The first-order valence-corrected chi connectivity index (χ1v) is 4.24. The predicted molar refractivity (Wildman–Crippen MR) is 38.7 cm³/mol. The molecular formula is C6H11BrO2. The third-order valence-corrected chi connectivity index (χ3v) is 1.79. The molecule has 0 radical (unpaired) electrons. The van der Waals surface area contributed by atoms with E-state index in [-0.39, 0.29) is 6.29 Å². The SMILES string of the molecule is CC1COC(CBr)OC1. The maximum Gasteiger partial charge on any atom is 0.167 e. The largest absolute Gasteiger partial charge is 0.351 e. The van der Waals surface area contributed by atoms with Crippen LogP contribution in [0.5, 0.6) is 0 Å². The van der Waals surface area contributed by atoms with Crippen molar-refractivity contribution in [1.82, 2.24) is 0 Å². The fraction of sp³-hybridized carbons (Fsp3) is 1.00. The van der Waals surface area contributed by atoms with E-state index in [0.29, 0.717) is 5.92 Å². The monoisotopic (exact) mass is 194 g/mol. The molecule has 0 aromatic heterocycles. The Balaban J connectivity index is 2.18. The zero-order valence-electron chi connectivity index (χ0n) is 5.47. The number of rotatable bonds is 1. The van der Waals surface area contributed by atoms with Crippen LogP contribution in [0.25, 0.3) is 0 Å². The molecule has 0 amide bonds. The molecule has 1 heterocycles. The van der Waals surface area contributed by atoms with Crippen LogP contribution in [0.15, 0.2) is 0 Å². The van der Waals surface area contributed by atoms with E-state index in [1.165, 1.54) is 0 Å². The summed E-state index contributed by atoms with van der Waals surface area (Å²) >= 11 is 3.28. The van der Waals surface area contributed by atoms with Gasteiger partial charge in [0.25, 0.3) is 0 Å². The summed E-state index contributed by atoms with van der Waals surface area (Å²) in [5.74, 6) is 0.556. The van der Waals surface area contributed by atoms with Crippen LogP contribution < -0.4 is 0 Å². The Kier molecular flexibility index (Phi) is 2.95. The molecular weight excluding hydrogens is 184 g/mol. The molecule has 9 heavy (non-hydrogen) atoms. The molecule has 1 rings (SSSR count). The second-order valence-electron chi connectivity index (χ2n) is 2.36. The van der Waals surface area contributed by atoms with Crippen LogP contribution in [0.3, 0.4) is 0 Å². The summed E-state index contributed by atoms with van der Waals surface area (Å²) in [7, 11) is 0.